The normalized spacial score (nSPS) is 34.0. The number of aliphatic hydroxyl groups is 1. The Kier molecular flexibility index (Phi) is 9.44. The number of hydrogen-bond acceptors (Lipinski definition) is 7. The van der Waals surface area contributed by atoms with E-state index >= 15 is 0 Å². The van der Waals surface area contributed by atoms with Gasteiger partial charge in [-0.1, -0.05) is 26.0 Å². The summed E-state index contributed by atoms with van der Waals surface area (Å²) in [4.78, 5) is 50.2. The third-order valence-electron chi connectivity index (χ3n) is 9.60. The molecule has 0 aromatic heterocycles. The lowest BCUT2D eigenvalue weighted by atomic mass is 9.62. The summed E-state index contributed by atoms with van der Waals surface area (Å²) in [7, 11) is 0. The molecule has 1 spiro atoms. The molecule has 0 saturated carbocycles. The van der Waals surface area contributed by atoms with E-state index < -0.39 is 35.1 Å². The molecule has 4 heterocycles. The van der Waals surface area contributed by atoms with Gasteiger partial charge in [0, 0.05) is 45.8 Å². The molecule has 0 aromatic rings. The maximum Gasteiger partial charge on any atom is 0.248 e. The van der Waals surface area contributed by atoms with Gasteiger partial charge in [0.15, 0.2) is 0 Å². The maximum absolute atomic E-state index is 14.5. The van der Waals surface area contributed by atoms with Gasteiger partial charge in [0.1, 0.15) is 11.6 Å². The van der Waals surface area contributed by atoms with Crippen molar-refractivity contribution in [2.45, 2.75) is 63.8 Å². The van der Waals surface area contributed by atoms with Crippen molar-refractivity contribution in [1.29, 1.82) is 0 Å². The summed E-state index contributed by atoms with van der Waals surface area (Å²) in [6.07, 6.45) is 4.67. The first kappa shape index (κ1) is 30.7. The van der Waals surface area contributed by atoms with Gasteiger partial charge in [0.2, 0.25) is 17.7 Å². The highest BCUT2D eigenvalue weighted by molar-refractivity contribution is 5.99. The van der Waals surface area contributed by atoms with Crippen LogP contribution in [0.4, 0.5) is 0 Å². The predicted molar refractivity (Wildman–Crippen MR) is 151 cm³/mol. The minimum absolute atomic E-state index is 0.0430. The number of rotatable bonds is 13. The molecule has 4 aliphatic heterocycles. The molecule has 0 aromatic carbocycles. The van der Waals surface area contributed by atoms with Crippen molar-refractivity contribution in [3.8, 4) is 0 Å². The molecule has 0 aliphatic carbocycles. The summed E-state index contributed by atoms with van der Waals surface area (Å²) in [5.74, 6) is -2.18. The van der Waals surface area contributed by atoms with E-state index in [-0.39, 0.29) is 30.2 Å². The van der Waals surface area contributed by atoms with Gasteiger partial charge < -0.3 is 29.3 Å². The standard InChI is InChI=1S/C30H48N4O6/c1-7-10-32(11-8-2)26(36)23-24-27(37)34(22(5)20-35)25(30(24)19-21(4)29(23,6)40-30)28(38)33(12-9-3)14-13-31-15-17-39-18-16-31/h7,9,21-25,35H,1,3,8,10-20H2,2,4-6H3/t21?,22-,23+,24+,25?,29-,30?/m1/s1. The Morgan fingerprint density at radius 1 is 1.15 bits per heavy atom. The molecule has 2 bridgehead atoms. The van der Waals surface area contributed by atoms with Gasteiger partial charge >= 0.3 is 0 Å². The van der Waals surface area contributed by atoms with E-state index in [9.17, 15) is 19.5 Å². The molecule has 224 valence electrons. The molecule has 4 rings (SSSR count). The van der Waals surface area contributed by atoms with Crippen LogP contribution in [0.2, 0.25) is 0 Å². The van der Waals surface area contributed by atoms with Crippen molar-refractivity contribution in [3.05, 3.63) is 25.3 Å². The molecule has 40 heavy (non-hydrogen) atoms. The zero-order valence-electron chi connectivity index (χ0n) is 24.7. The van der Waals surface area contributed by atoms with Crippen LogP contribution in [0.1, 0.15) is 40.5 Å². The minimum Gasteiger partial charge on any atom is -0.394 e. The molecule has 7 atom stereocenters. The summed E-state index contributed by atoms with van der Waals surface area (Å²) < 4.78 is 12.3. The number of carbonyl (C=O) groups excluding carboxylic acids is 3. The van der Waals surface area contributed by atoms with Crippen molar-refractivity contribution in [1.82, 2.24) is 19.6 Å². The molecule has 4 fully saturated rings. The first-order valence-corrected chi connectivity index (χ1v) is 14.8. The lowest BCUT2D eigenvalue weighted by Gasteiger charge is -2.39. The van der Waals surface area contributed by atoms with Crippen LogP contribution in [0.3, 0.4) is 0 Å². The van der Waals surface area contributed by atoms with Gasteiger partial charge in [0.05, 0.1) is 43.3 Å². The van der Waals surface area contributed by atoms with Crippen molar-refractivity contribution < 1.29 is 29.0 Å². The average molecular weight is 561 g/mol. The number of aliphatic hydroxyl groups excluding tert-OH is 1. The quantitative estimate of drug-likeness (QED) is 0.337. The lowest BCUT2D eigenvalue weighted by Crippen LogP contribution is -2.59. The van der Waals surface area contributed by atoms with Crippen LogP contribution in [0.15, 0.2) is 25.3 Å². The fourth-order valence-electron chi connectivity index (χ4n) is 7.52. The second-order valence-corrected chi connectivity index (χ2v) is 12.1. The molecule has 10 nitrogen and oxygen atoms in total. The van der Waals surface area contributed by atoms with Crippen molar-refractivity contribution in [3.63, 3.8) is 0 Å². The molecule has 1 N–H and O–H groups in total. The average Bonchev–Trinajstić information content (AvgIpc) is 3.46. The number of morpholine rings is 1. The SMILES string of the molecule is C=CCN(CCN1CCOCC1)C(=O)C1N([C@H](C)CO)C(=O)[C@@H]2[C@@H](C(=O)N(CC=C)CCC)[C@]3(C)OC12CC3C. The van der Waals surface area contributed by atoms with Crippen molar-refractivity contribution in [2.24, 2.45) is 17.8 Å². The molecular formula is C30H48N4O6. The lowest BCUT2D eigenvalue weighted by molar-refractivity contribution is -0.157. The summed E-state index contributed by atoms with van der Waals surface area (Å²) in [5, 5.41) is 10.2. The monoisotopic (exact) mass is 560 g/mol. The third kappa shape index (κ3) is 5.01. The van der Waals surface area contributed by atoms with Crippen LogP contribution in [0.25, 0.3) is 0 Å². The van der Waals surface area contributed by atoms with Crippen LogP contribution in [0.5, 0.6) is 0 Å². The molecule has 3 amide bonds. The topological polar surface area (TPSA) is 103 Å². The zero-order chi connectivity index (χ0) is 29.2. The molecular weight excluding hydrogens is 512 g/mol. The second kappa shape index (κ2) is 12.3. The summed E-state index contributed by atoms with van der Waals surface area (Å²) in [6.45, 7) is 20.5. The molecule has 10 heteroatoms. The van der Waals surface area contributed by atoms with Crippen LogP contribution < -0.4 is 0 Å². The van der Waals surface area contributed by atoms with Crippen LogP contribution >= 0.6 is 0 Å². The Hall–Kier alpha value is -2.27. The molecule has 4 aliphatic rings. The Morgan fingerprint density at radius 3 is 2.35 bits per heavy atom. The third-order valence-corrected chi connectivity index (χ3v) is 9.60. The van der Waals surface area contributed by atoms with Gasteiger partial charge in [-0.25, -0.2) is 0 Å². The second-order valence-electron chi connectivity index (χ2n) is 12.1. The number of amides is 3. The highest BCUT2D eigenvalue weighted by Crippen LogP contribution is 2.65. The summed E-state index contributed by atoms with van der Waals surface area (Å²) >= 11 is 0. The number of likely N-dealkylation sites (tertiary alicyclic amines) is 1. The number of nitrogens with zero attached hydrogens (tertiary/aromatic N) is 4. The maximum atomic E-state index is 14.5. The van der Waals surface area contributed by atoms with Gasteiger partial charge in [-0.3, -0.25) is 19.3 Å². The number of fused-ring (bicyclic) bond motifs is 1. The van der Waals surface area contributed by atoms with E-state index in [0.717, 1.165) is 19.5 Å². The van der Waals surface area contributed by atoms with Crippen LogP contribution in [-0.4, -0.2) is 131 Å². The van der Waals surface area contributed by atoms with E-state index in [4.69, 9.17) is 9.47 Å². The van der Waals surface area contributed by atoms with E-state index in [0.29, 0.717) is 52.4 Å². The van der Waals surface area contributed by atoms with Gasteiger partial charge in [0.25, 0.3) is 0 Å². The summed E-state index contributed by atoms with van der Waals surface area (Å²) in [5.41, 5.74) is -2.02. The Morgan fingerprint density at radius 2 is 1.77 bits per heavy atom. The first-order valence-electron chi connectivity index (χ1n) is 14.8. The van der Waals surface area contributed by atoms with E-state index in [1.165, 1.54) is 4.90 Å². The Bertz CT molecular complexity index is 985. The van der Waals surface area contributed by atoms with Gasteiger partial charge in [-0.2, -0.15) is 0 Å². The Balaban J connectivity index is 1.72. The van der Waals surface area contributed by atoms with E-state index in [2.05, 4.69) is 18.1 Å². The largest absolute Gasteiger partial charge is 0.394 e. The Labute approximate surface area is 238 Å². The fraction of sp³-hybridized carbons (Fsp3) is 0.767. The molecule has 4 saturated heterocycles. The highest BCUT2D eigenvalue weighted by Gasteiger charge is 2.80. The van der Waals surface area contributed by atoms with E-state index in [1.807, 2.05) is 20.8 Å². The van der Waals surface area contributed by atoms with Gasteiger partial charge in [-0.05, 0) is 32.6 Å². The summed E-state index contributed by atoms with van der Waals surface area (Å²) in [6, 6.07) is -1.54. The smallest absolute Gasteiger partial charge is 0.248 e. The fourth-order valence-corrected chi connectivity index (χ4v) is 7.52. The predicted octanol–water partition coefficient (Wildman–Crippen LogP) is 1.15. The molecule has 0 radical (unpaired) electrons. The van der Waals surface area contributed by atoms with Crippen LogP contribution in [0, 0.1) is 17.8 Å². The number of carbonyl (C=O) groups is 3. The number of hydrogen-bond donors (Lipinski definition) is 1. The first-order chi connectivity index (χ1) is 19.1. The minimum atomic E-state index is -1.14. The highest BCUT2D eigenvalue weighted by atomic mass is 16.5. The van der Waals surface area contributed by atoms with Crippen molar-refractivity contribution >= 4 is 17.7 Å². The van der Waals surface area contributed by atoms with E-state index in [1.54, 1.807) is 28.9 Å². The zero-order valence-corrected chi connectivity index (χ0v) is 24.7. The van der Waals surface area contributed by atoms with Crippen LogP contribution in [-0.2, 0) is 23.9 Å². The van der Waals surface area contributed by atoms with Crippen molar-refractivity contribution in [2.75, 3.05) is 65.6 Å². The number of ether oxygens (including phenoxy) is 2. The van der Waals surface area contributed by atoms with Gasteiger partial charge in [-0.15, -0.1) is 13.2 Å². The molecule has 3 unspecified atom stereocenters.